The van der Waals surface area contributed by atoms with E-state index in [1.54, 1.807) is 6.07 Å². The topological polar surface area (TPSA) is 61.4 Å². The fourth-order valence-corrected chi connectivity index (χ4v) is 2.38. The second kappa shape index (κ2) is 8.40. The summed E-state index contributed by atoms with van der Waals surface area (Å²) < 4.78 is 0. The number of carbonyl (C=O) groups excluding carboxylic acids is 1. The standard InChI is InChI=1S/C18H25N5O/c1-5-23(15-8-6-7-14(2)11-15)17-12-16(20-13-21-17)18(24)19-9-10-22(3)4/h6-8,11-13H,5,9-10H2,1-4H3,(H,19,24). The molecule has 2 aromatic rings. The molecule has 1 heterocycles. The molecule has 0 bridgehead atoms. The Balaban J connectivity index is 2.17. The predicted octanol–water partition coefficient (Wildman–Crippen LogP) is 2.23. The maximum absolute atomic E-state index is 12.2. The van der Waals surface area contributed by atoms with Crippen LogP contribution < -0.4 is 10.2 Å². The largest absolute Gasteiger partial charge is 0.349 e. The maximum atomic E-state index is 12.2. The van der Waals surface area contributed by atoms with E-state index in [1.807, 2.05) is 31.1 Å². The lowest BCUT2D eigenvalue weighted by Crippen LogP contribution is -2.32. The van der Waals surface area contributed by atoms with Crippen LogP contribution in [-0.4, -0.2) is 54.5 Å². The summed E-state index contributed by atoms with van der Waals surface area (Å²) >= 11 is 0. The molecule has 0 aliphatic carbocycles. The molecule has 1 amide bonds. The molecular weight excluding hydrogens is 302 g/mol. The lowest BCUT2D eigenvalue weighted by molar-refractivity contribution is 0.0946. The summed E-state index contributed by atoms with van der Waals surface area (Å²) in [5.41, 5.74) is 2.61. The molecule has 1 N–H and O–H groups in total. The first-order chi connectivity index (χ1) is 11.5. The highest BCUT2D eigenvalue weighted by Gasteiger charge is 2.13. The molecule has 1 aromatic carbocycles. The lowest BCUT2D eigenvalue weighted by Gasteiger charge is -2.22. The molecular formula is C18H25N5O. The highest BCUT2D eigenvalue weighted by molar-refractivity contribution is 5.93. The van der Waals surface area contributed by atoms with Crippen LogP contribution in [0.3, 0.4) is 0 Å². The number of nitrogens with zero attached hydrogens (tertiary/aromatic N) is 4. The summed E-state index contributed by atoms with van der Waals surface area (Å²) in [6.45, 7) is 6.24. The zero-order chi connectivity index (χ0) is 17.5. The van der Waals surface area contributed by atoms with Gasteiger partial charge in [-0.1, -0.05) is 12.1 Å². The number of likely N-dealkylation sites (N-methyl/N-ethyl adjacent to an activating group) is 1. The first-order valence-corrected chi connectivity index (χ1v) is 8.10. The number of benzene rings is 1. The molecule has 128 valence electrons. The highest BCUT2D eigenvalue weighted by Crippen LogP contribution is 2.24. The minimum atomic E-state index is -0.180. The summed E-state index contributed by atoms with van der Waals surface area (Å²) in [6.07, 6.45) is 1.44. The van der Waals surface area contributed by atoms with Gasteiger partial charge in [-0.05, 0) is 45.6 Å². The monoisotopic (exact) mass is 327 g/mol. The third-order valence-corrected chi connectivity index (χ3v) is 3.64. The number of aryl methyl sites for hydroxylation is 1. The van der Waals surface area contributed by atoms with E-state index >= 15 is 0 Å². The minimum Gasteiger partial charge on any atom is -0.349 e. The van der Waals surface area contributed by atoms with Crippen LogP contribution in [0.5, 0.6) is 0 Å². The Hall–Kier alpha value is -2.47. The third kappa shape index (κ3) is 4.76. The zero-order valence-electron chi connectivity index (χ0n) is 14.8. The smallest absolute Gasteiger partial charge is 0.270 e. The van der Waals surface area contributed by atoms with Crippen LogP contribution in [0, 0.1) is 6.92 Å². The second-order valence-corrected chi connectivity index (χ2v) is 5.90. The van der Waals surface area contributed by atoms with E-state index in [2.05, 4.69) is 46.2 Å². The third-order valence-electron chi connectivity index (χ3n) is 3.64. The molecule has 0 aliphatic rings. The molecule has 6 nitrogen and oxygen atoms in total. The predicted molar refractivity (Wildman–Crippen MR) is 96.8 cm³/mol. The van der Waals surface area contributed by atoms with Gasteiger partial charge >= 0.3 is 0 Å². The minimum absolute atomic E-state index is 0.180. The number of aromatic nitrogens is 2. The van der Waals surface area contributed by atoms with Crippen LogP contribution in [0.15, 0.2) is 36.7 Å². The van der Waals surface area contributed by atoms with Crippen LogP contribution in [0.1, 0.15) is 23.0 Å². The van der Waals surface area contributed by atoms with Crippen molar-refractivity contribution in [3.8, 4) is 0 Å². The van der Waals surface area contributed by atoms with Gasteiger partial charge in [0.05, 0.1) is 0 Å². The summed E-state index contributed by atoms with van der Waals surface area (Å²) in [4.78, 5) is 24.8. The molecule has 0 saturated carbocycles. The normalized spacial score (nSPS) is 10.7. The fourth-order valence-electron chi connectivity index (χ4n) is 2.38. The molecule has 0 radical (unpaired) electrons. The van der Waals surface area contributed by atoms with Crippen molar-refractivity contribution in [1.82, 2.24) is 20.2 Å². The Morgan fingerprint density at radius 3 is 2.67 bits per heavy atom. The first kappa shape index (κ1) is 17.9. The molecule has 0 saturated heterocycles. The van der Waals surface area contributed by atoms with Crippen molar-refractivity contribution >= 4 is 17.4 Å². The van der Waals surface area contributed by atoms with Gasteiger partial charge in [-0.3, -0.25) is 4.79 Å². The van der Waals surface area contributed by atoms with Crippen molar-refractivity contribution in [3.05, 3.63) is 47.9 Å². The van der Waals surface area contributed by atoms with Gasteiger partial charge in [0.25, 0.3) is 5.91 Å². The van der Waals surface area contributed by atoms with E-state index in [0.717, 1.165) is 24.6 Å². The van der Waals surface area contributed by atoms with Crippen molar-refractivity contribution < 1.29 is 4.79 Å². The molecule has 0 fully saturated rings. The van der Waals surface area contributed by atoms with Crippen molar-refractivity contribution in [2.75, 3.05) is 38.6 Å². The van der Waals surface area contributed by atoms with Crippen LogP contribution >= 0.6 is 0 Å². The zero-order valence-corrected chi connectivity index (χ0v) is 14.8. The molecule has 0 spiro atoms. The van der Waals surface area contributed by atoms with Gasteiger partial charge in [-0.15, -0.1) is 0 Å². The van der Waals surface area contributed by atoms with Gasteiger partial charge in [0, 0.05) is 31.4 Å². The first-order valence-electron chi connectivity index (χ1n) is 8.10. The SMILES string of the molecule is CCN(c1cccc(C)c1)c1cc(C(=O)NCCN(C)C)ncn1. The van der Waals surface area contributed by atoms with E-state index in [0.29, 0.717) is 12.2 Å². The van der Waals surface area contributed by atoms with Crippen LogP contribution in [0.4, 0.5) is 11.5 Å². The number of nitrogens with one attached hydrogen (secondary N) is 1. The van der Waals surface area contributed by atoms with Crippen LogP contribution in [0.2, 0.25) is 0 Å². The van der Waals surface area contributed by atoms with Crippen LogP contribution in [-0.2, 0) is 0 Å². The summed E-state index contributed by atoms with van der Waals surface area (Å²) in [7, 11) is 3.94. The van der Waals surface area contributed by atoms with Crippen molar-refractivity contribution in [2.45, 2.75) is 13.8 Å². The highest BCUT2D eigenvalue weighted by atomic mass is 16.1. The van der Waals surface area contributed by atoms with Gasteiger partial charge in [-0.2, -0.15) is 0 Å². The lowest BCUT2D eigenvalue weighted by atomic mass is 10.2. The Morgan fingerprint density at radius 2 is 2.00 bits per heavy atom. The second-order valence-electron chi connectivity index (χ2n) is 5.90. The maximum Gasteiger partial charge on any atom is 0.270 e. The van der Waals surface area contributed by atoms with Gasteiger partial charge in [-0.25, -0.2) is 9.97 Å². The van der Waals surface area contributed by atoms with Crippen LogP contribution in [0.25, 0.3) is 0 Å². The van der Waals surface area contributed by atoms with Gasteiger partial charge in [0.2, 0.25) is 0 Å². The molecule has 24 heavy (non-hydrogen) atoms. The van der Waals surface area contributed by atoms with E-state index in [4.69, 9.17) is 0 Å². The summed E-state index contributed by atoms with van der Waals surface area (Å²) in [5.74, 6) is 0.539. The Kier molecular flexibility index (Phi) is 6.26. The number of rotatable bonds is 7. The Labute approximate surface area is 143 Å². The average molecular weight is 327 g/mol. The molecule has 0 aliphatic heterocycles. The summed E-state index contributed by atoms with van der Waals surface area (Å²) in [5, 5.41) is 2.87. The fraction of sp³-hybridized carbons (Fsp3) is 0.389. The van der Waals surface area contributed by atoms with E-state index in [9.17, 15) is 4.79 Å². The van der Waals surface area contributed by atoms with Crippen molar-refractivity contribution in [3.63, 3.8) is 0 Å². The van der Waals surface area contributed by atoms with E-state index in [1.165, 1.54) is 11.9 Å². The Morgan fingerprint density at radius 1 is 1.21 bits per heavy atom. The van der Waals surface area contributed by atoms with Gasteiger partial charge < -0.3 is 15.1 Å². The molecule has 6 heteroatoms. The number of carbonyl (C=O) groups is 1. The van der Waals surface area contributed by atoms with E-state index < -0.39 is 0 Å². The Bertz CT molecular complexity index is 687. The van der Waals surface area contributed by atoms with Gasteiger partial charge in [0.15, 0.2) is 0 Å². The molecule has 1 aromatic heterocycles. The molecule has 0 atom stereocenters. The molecule has 0 unspecified atom stereocenters. The number of amides is 1. The van der Waals surface area contributed by atoms with E-state index in [-0.39, 0.29) is 5.91 Å². The average Bonchev–Trinajstić information content (AvgIpc) is 2.55. The number of hydrogen-bond donors (Lipinski definition) is 1. The number of hydrogen-bond acceptors (Lipinski definition) is 5. The number of anilines is 2. The van der Waals surface area contributed by atoms with Crippen molar-refractivity contribution in [1.29, 1.82) is 0 Å². The quantitative estimate of drug-likeness (QED) is 0.845. The van der Waals surface area contributed by atoms with Gasteiger partial charge in [0.1, 0.15) is 17.8 Å². The molecule has 2 rings (SSSR count). The summed E-state index contributed by atoms with van der Waals surface area (Å²) in [6, 6.07) is 9.94. The van der Waals surface area contributed by atoms with Crippen molar-refractivity contribution in [2.24, 2.45) is 0 Å².